The fourth-order valence-corrected chi connectivity index (χ4v) is 7.88. The van der Waals surface area contributed by atoms with E-state index in [0.29, 0.717) is 73.0 Å². The molecular weight excluding hydrogens is 674 g/mol. The molecule has 1 aromatic carbocycles. The number of fused-ring (bicyclic) bond motifs is 1. The van der Waals surface area contributed by atoms with Gasteiger partial charge in [0.1, 0.15) is 6.61 Å². The number of nitrogens with zero attached hydrogens (tertiary/aromatic N) is 4. The van der Waals surface area contributed by atoms with Crippen molar-refractivity contribution in [2.24, 2.45) is 5.41 Å². The van der Waals surface area contributed by atoms with Gasteiger partial charge in [0.2, 0.25) is 11.9 Å². The first-order valence-corrected chi connectivity index (χ1v) is 17.7. The number of aliphatic hydroxyl groups is 2. The van der Waals surface area contributed by atoms with Crippen molar-refractivity contribution in [2.75, 3.05) is 24.6 Å². The van der Waals surface area contributed by atoms with Gasteiger partial charge in [0.25, 0.3) is 0 Å². The van der Waals surface area contributed by atoms with E-state index in [1.807, 2.05) is 18.7 Å². The molecule has 51 heavy (non-hydrogen) atoms. The third-order valence-corrected chi connectivity index (χ3v) is 10.4. The zero-order valence-corrected chi connectivity index (χ0v) is 29.4. The summed E-state index contributed by atoms with van der Waals surface area (Å²) >= 11 is 0. The Morgan fingerprint density at radius 3 is 2.12 bits per heavy atom. The Balaban J connectivity index is 1.39. The van der Waals surface area contributed by atoms with E-state index >= 15 is 4.39 Å². The summed E-state index contributed by atoms with van der Waals surface area (Å²) in [5, 5.41) is 21.5. The molecule has 2 aliphatic carbocycles. The fraction of sp³-hybridized carbons (Fsp3) is 0.605. The van der Waals surface area contributed by atoms with Crippen LogP contribution in [0.2, 0.25) is 0 Å². The molecule has 3 aliphatic rings. The maximum Gasteiger partial charge on any atom is 0.416 e. The highest BCUT2D eigenvalue weighted by atomic mass is 19.4. The zero-order chi connectivity index (χ0) is 36.9. The molecule has 278 valence electrons. The summed E-state index contributed by atoms with van der Waals surface area (Å²) in [5.74, 6) is -2.68. The van der Waals surface area contributed by atoms with Crippen LogP contribution in [0.3, 0.4) is 0 Å². The van der Waals surface area contributed by atoms with Crippen LogP contribution in [-0.4, -0.2) is 56.4 Å². The second kappa shape index (κ2) is 13.8. The van der Waals surface area contributed by atoms with Crippen LogP contribution in [0.1, 0.15) is 136 Å². The van der Waals surface area contributed by atoms with Crippen LogP contribution in [0, 0.1) is 5.41 Å². The summed E-state index contributed by atoms with van der Waals surface area (Å²) < 4.78 is 92.1. The van der Waals surface area contributed by atoms with Gasteiger partial charge in [0.15, 0.2) is 11.9 Å². The molecule has 0 bridgehead atoms. The molecule has 2 aromatic heterocycles. The van der Waals surface area contributed by atoms with E-state index in [1.54, 1.807) is 13.8 Å². The molecule has 0 spiro atoms. The van der Waals surface area contributed by atoms with E-state index in [2.05, 4.69) is 9.97 Å². The number of aromatic nitrogens is 3. The summed E-state index contributed by atoms with van der Waals surface area (Å²) in [5.41, 5.74) is 0.0879. The Hall–Kier alpha value is -3.45. The van der Waals surface area contributed by atoms with Crippen LogP contribution < -0.4 is 9.64 Å². The summed E-state index contributed by atoms with van der Waals surface area (Å²) in [7, 11) is 0. The topological polar surface area (TPSA) is 91.6 Å². The molecule has 1 unspecified atom stereocenters. The van der Waals surface area contributed by atoms with Crippen molar-refractivity contribution >= 4 is 5.95 Å². The number of halogens is 6. The molecule has 3 aromatic rings. The van der Waals surface area contributed by atoms with Gasteiger partial charge in [-0.1, -0.05) is 26.0 Å². The van der Waals surface area contributed by atoms with Gasteiger partial charge in [-0.15, -0.1) is 0 Å². The molecule has 2 fully saturated rings. The van der Waals surface area contributed by atoms with E-state index in [1.165, 1.54) is 12.4 Å². The van der Waals surface area contributed by atoms with Gasteiger partial charge in [-0.05, 0) is 87.0 Å². The number of pyridine rings is 1. The van der Waals surface area contributed by atoms with Crippen molar-refractivity contribution in [3.8, 4) is 5.75 Å². The lowest BCUT2D eigenvalue weighted by Gasteiger charge is -2.41. The lowest BCUT2D eigenvalue weighted by atomic mass is 9.68. The Morgan fingerprint density at radius 1 is 0.941 bits per heavy atom. The Labute approximate surface area is 294 Å². The molecule has 7 nitrogen and oxygen atoms in total. The monoisotopic (exact) mass is 720 g/mol. The first-order chi connectivity index (χ1) is 23.8. The van der Waals surface area contributed by atoms with Crippen LogP contribution >= 0.6 is 0 Å². The van der Waals surface area contributed by atoms with Gasteiger partial charge in [-0.25, -0.2) is 23.1 Å². The lowest BCUT2D eigenvalue weighted by Crippen LogP contribution is -2.36. The Morgan fingerprint density at radius 2 is 1.55 bits per heavy atom. The molecule has 0 amide bonds. The number of anilines is 1. The minimum atomic E-state index is -4.60. The highest BCUT2D eigenvalue weighted by Crippen LogP contribution is 2.52. The predicted molar refractivity (Wildman–Crippen MR) is 180 cm³/mol. The van der Waals surface area contributed by atoms with E-state index < -0.39 is 41.5 Å². The van der Waals surface area contributed by atoms with Crippen molar-refractivity contribution in [3.05, 3.63) is 75.9 Å². The third kappa shape index (κ3) is 8.45. The molecule has 1 saturated carbocycles. The number of rotatable bonds is 8. The summed E-state index contributed by atoms with van der Waals surface area (Å²) in [6.45, 7) is 8.38. The maximum absolute atomic E-state index is 17.2. The molecular formula is C38H46F6N4O3. The highest BCUT2D eigenvalue weighted by Gasteiger charge is 2.44. The Kier molecular flexibility index (Phi) is 10.1. The van der Waals surface area contributed by atoms with Crippen molar-refractivity contribution in [1.82, 2.24) is 15.0 Å². The number of hydrogen-bond acceptors (Lipinski definition) is 7. The van der Waals surface area contributed by atoms with Crippen LogP contribution in [0.25, 0.3) is 0 Å². The van der Waals surface area contributed by atoms with E-state index in [4.69, 9.17) is 9.72 Å². The number of ether oxygens (including phenoxy) is 1. The average molecular weight is 721 g/mol. The Bertz CT molecular complexity index is 1670. The molecule has 1 saturated heterocycles. The molecule has 6 rings (SSSR count). The maximum atomic E-state index is 17.2. The van der Waals surface area contributed by atoms with Gasteiger partial charge in [-0.3, -0.25) is 4.98 Å². The number of hydrogen-bond donors (Lipinski definition) is 2. The number of benzene rings is 1. The summed E-state index contributed by atoms with van der Waals surface area (Å²) in [6.07, 6.45) is -3.00. The first kappa shape index (κ1) is 37.3. The van der Waals surface area contributed by atoms with Crippen molar-refractivity contribution in [1.29, 1.82) is 0 Å². The largest absolute Gasteiger partial charge is 0.487 e. The molecule has 2 atom stereocenters. The van der Waals surface area contributed by atoms with Crippen molar-refractivity contribution < 1.29 is 41.3 Å². The highest BCUT2D eigenvalue weighted by molar-refractivity contribution is 5.51. The van der Waals surface area contributed by atoms with Gasteiger partial charge >= 0.3 is 6.18 Å². The second-order valence-corrected chi connectivity index (χ2v) is 15.9. The van der Waals surface area contributed by atoms with Crippen LogP contribution in [0.4, 0.5) is 32.3 Å². The molecule has 3 heterocycles. The van der Waals surface area contributed by atoms with Crippen molar-refractivity contribution in [3.63, 3.8) is 0 Å². The van der Waals surface area contributed by atoms with E-state index in [-0.39, 0.29) is 54.7 Å². The van der Waals surface area contributed by atoms with Gasteiger partial charge in [0.05, 0.1) is 35.4 Å². The minimum Gasteiger partial charge on any atom is -0.487 e. The lowest BCUT2D eigenvalue weighted by molar-refractivity contribution is -0.137. The standard InChI is InChI=1S/C38H46F6N4O3/c1-35(2)17-27-30(28(49)18-35)29(22-9-13-37(40,41)14-10-22)31(32(39)23-5-7-25(8-6-23)38(42,43)44)33(47-27)24-11-15-48(16-12-24)34-45-19-26(20-46-34)51-21-36(3,4)50/h5-8,19-20,22,24,28,32,49-50H,9-18,21H2,1-4H3/t28-,32?/m0/s1. The first-order valence-electron chi connectivity index (χ1n) is 17.7. The molecule has 0 radical (unpaired) electrons. The SMILES string of the molecule is CC(C)(O)COc1cnc(N2CCC(c3nc4c(c(C5CCC(F)(F)CC5)c3C(F)c3ccc(C(F)(F)F)cc3)[C@@H](O)CC(C)(C)C4)CC2)nc1. The zero-order valence-electron chi connectivity index (χ0n) is 29.4. The summed E-state index contributed by atoms with van der Waals surface area (Å²) in [4.78, 5) is 16.0. The number of piperidine rings is 1. The van der Waals surface area contributed by atoms with Crippen LogP contribution in [0.15, 0.2) is 36.7 Å². The predicted octanol–water partition coefficient (Wildman–Crippen LogP) is 8.78. The quantitative estimate of drug-likeness (QED) is 0.225. The second-order valence-electron chi connectivity index (χ2n) is 15.9. The normalized spacial score (nSPS) is 22.0. The van der Waals surface area contributed by atoms with Gasteiger partial charge < -0.3 is 19.8 Å². The van der Waals surface area contributed by atoms with Crippen molar-refractivity contribution in [2.45, 2.75) is 121 Å². The van der Waals surface area contributed by atoms with Gasteiger partial charge in [0, 0.05) is 48.7 Å². The molecule has 1 aliphatic heterocycles. The van der Waals surface area contributed by atoms with Crippen LogP contribution in [-0.2, 0) is 12.6 Å². The average Bonchev–Trinajstić information content (AvgIpc) is 3.05. The molecule has 13 heteroatoms. The summed E-state index contributed by atoms with van der Waals surface area (Å²) in [6, 6.07) is 3.96. The number of aliphatic hydroxyl groups excluding tert-OH is 1. The molecule has 2 N–H and O–H groups in total. The third-order valence-electron chi connectivity index (χ3n) is 10.4. The fourth-order valence-electron chi connectivity index (χ4n) is 7.88. The van der Waals surface area contributed by atoms with Crippen LogP contribution in [0.5, 0.6) is 5.75 Å². The van der Waals surface area contributed by atoms with Gasteiger partial charge in [-0.2, -0.15) is 13.2 Å². The minimum absolute atomic E-state index is 0.0109. The smallest absolute Gasteiger partial charge is 0.416 e. The number of alkyl halides is 6. The van der Waals surface area contributed by atoms with E-state index in [9.17, 15) is 32.2 Å². The van der Waals surface area contributed by atoms with E-state index in [0.717, 1.165) is 24.3 Å².